The minimum absolute atomic E-state index is 0.344. The maximum atomic E-state index is 11.4. The summed E-state index contributed by atoms with van der Waals surface area (Å²) in [7, 11) is 0. The van der Waals surface area contributed by atoms with Crippen LogP contribution >= 0.6 is 0 Å². The highest BCUT2D eigenvalue weighted by atomic mass is 16.1. The van der Waals surface area contributed by atoms with Crippen molar-refractivity contribution in [3.05, 3.63) is 35.4 Å². The molecule has 0 aliphatic heterocycles. The summed E-state index contributed by atoms with van der Waals surface area (Å²) in [5.41, 5.74) is 7.03. The van der Waals surface area contributed by atoms with Gasteiger partial charge in [-0.15, -0.1) is 0 Å². The van der Waals surface area contributed by atoms with Gasteiger partial charge in [-0.05, 0) is 42.7 Å². The highest BCUT2D eigenvalue weighted by Gasteiger charge is 2.24. The van der Waals surface area contributed by atoms with E-state index in [9.17, 15) is 4.79 Å². The Bertz CT molecular complexity index is 444. The number of amides is 1. The second kappa shape index (κ2) is 6.20. The summed E-state index contributed by atoms with van der Waals surface area (Å²) in [6.07, 6.45) is 3.74. The summed E-state index contributed by atoms with van der Waals surface area (Å²) >= 11 is 0. The van der Waals surface area contributed by atoms with Crippen LogP contribution in [0.3, 0.4) is 0 Å². The summed E-state index contributed by atoms with van der Waals surface area (Å²) < 4.78 is 0. The molecule has 104 valence electrons. The predicted molar refractivity (Wildman–Crippen MR) is 77.8 cm³/mol. The number of rotatable bonds is 4. The van der Waals surface area contributed by atoms with Crippen LogP contribution in [0.5, 0.6) is 0 Å². The average molecular weight is 260 g/mol. The maximum Gasteiger partial charge on any atom is 0.249 e. The van der Waals surface area contributed by atoms with Gasteiger partial charge in [-0.3, -0.25) is 4.79 Å². The van der Waals surface area contributed by atoms with Crippen molar-refractivity contribution in [3.8, 4) is 0 Å². The molecule has 3 N–H and O–H groups in total. The van der Waals surface area contributed by atoms with Gasteiger partial charge in [0.05, 0.1) is 0 Å². The minimum atomic E-state index is -0.344. The number of hydrogen-bond donors (Lipinski definition) is 2. The molecule has 19 heavy (non-hydrogen) atoms. The van der Waals surface area contributed by atoms with Gasteiger partial charge < -0.3 is 11.1 Å². The summed E-state index contributed by atoms with van der Waals surface area (Å²) in [5.74, 6) is 1.26. The van der Waals surface area contributed by atoms with Gasteiger partial charge in [0.15, 0.2) is 0 Å². The van der Waals surface area contributed by atoms with Crippen molar-refractivity contribution in [2.24, 2.45) is 17.6 Å². The van der Waals surface area contributed by atoms with Crippen LogP contribution in [0, 0.1) is 11.8 Å². The van der Waals surface area contributed by atoms with Gasteiger partial charge in [-0.2, -0.15) is 0 Å². The lowest BCUT2D eigenvalue weighted by atomic mass is 9.79. The molecule has 0 saturated heterocycles. The zero-order chi connectivity index (χ0) is 13.8. The monoisotopic (exact) mass is 260 g/mol. The van der Waals surface area contributed by atoms with Crippen LogP contribution in [0.15, 0.2) is 24.3 Å². The van der Waals surface area contributed by atoms with Crippen molar-refractivity contribution in [3.63, 3.8) is 0 Å². The fourth-order valence-electron chi connectivity index (χ4n) is 2.90. The molecule has 2 rings (SSSR count). The number of primary amides is 1. The number of carbonyl (C=O) groups excluding carboxylic acids is 1. The van der Waals surface area contributed by atoms with Gasteiger partial charge in [0.2, 0.25) is 5.91 Å². The Morgan fingerprint density at radius 2 is 2.00 bits per heavy atom. The molecular weight excluding hydrogens is 236 g/mol. The molecule has 3 atom stereocenters. The largest absolute Gasteiger partial charge is 0.366 e. The van der Waals surface area contributed by atoms with E-state index in [1.807, 2.05) is 18.2 Å². The van der Waals surface area contributed by atoms with E-state index in [1.165, 1.54) is 19.3 Å². The first-order valence-corrected chi connectivity index (χ1v) is 7.19. The molecule has 1 saturated carbocycles. The Balaban J connectivity index is 1.94. The summed E-state index contributed by atoms with van der Waals surface area (Å²) in [4.78, 5) is 11.4. The van der Waals surface area contributed by atoms with Gasteiger partial charge in [-0.1, -0.05) is 32.0 Å². The lowest BCUT2D eigenvalue weighted by molar-refractivity contribution is 0.0999. The number of hydrogen-bond acceptors (Lipinski definition) is 2. The van der Waals surface area contributed by atoms with Crippen molar-refractivity contribution < 1.29 is 4.79 Å². The summed E-state index contributed by atoms with van der Waals surface area (Å²) in [5, 5.41) is 3.58. The highest BCUT2D eigenvalue weighted by Crippen LogP contribution is 2.29. The zero-order valence-electron chi connectivity index (χ0n) is 11.9. The molecule has 0 bridgehead atoms. The molecule has 1 aliphatic carbocycles. The lowest BCUT2D eigenvalue weighted by Crippen LogP contribution is -2.36. The van der Waals surface area contributed by atoms with Crippen LogP contribution < -0.4 is 11.1 Å². The number of benzene rings is 1. The van der Waals surface area contributed by atoms with E-state index in [-0.39, 0.29) is 5.91 Å². The smallest absolute Gasteiger partial charge is 0.249 e. The summed E-state index contributed by atoms with van der Waals surface area (Å²) in [6, 6.07) is 8.14. The highest BCUT2D eigenvalue weighted by molar-refractivity contribution is 5.94. The van der Waals surface area contributed by atoms with Crippen molar-refractivity contribution in [1.29, 1.82) is 0 Å². The molecule has 1 amide bonds. The van der Waals surface area contributed by atoms with Gasteiger partial charge in [0.1, 0.15) is 0 Å². The van der Waals surface area contributed by atoms with Crippen molar-refractivity contribution >= 4 is 5.91 Å². The van der Waals surface area contributed by atoms with Gasteiger partial charge in [0, 0.05) is 18.2 Å². The van der Waals surface area contributed by atoms with E-state index < -0.39 is 0 Å². The van der Waals surface area contributed by atoms with E-state index in [4.69, 9.17) is 5.73 Å². The lowest BCUT2D eigenvalue weighted by Gasteiger charge is -2.32. The fourth-order valence-corrected chi connectivity index (χ4v) is 2.90. The molecule has 1 aromatic rings. The summed E-state index contributed by atoms with van der Waals surface area (Å²) in [6.45, 7) is 5.39. The molecule has 3 unspecified atom stereocenters. The van der Waals surface area contributed by atoms with E-state index in [2.05, 4.69) is 19.2 Å². The third kappa shape index (κ3) is 3.57. The predicted octanol–water partition coefficient (Wildman–Crippen LogP) is 2.70. The quantitative estimate of drug-likeness (QED) is 0.874. The van der Waals surface area contributed by atoms with E-state index >= 15 is 0 Å². The SMILES string of the molecule is CC1CCC(NCc2ccccc2C(N)=O)CC1C. The molecule has 0 radical (unpaired) electrons. The van der Waals surface area contributed by atoms with E-state index in [1.54, 1.807) is 6.07 Å². The maximum absolute atomic E-state index is 11.4. The second-order valence-corrected chi connectivity index (χ2v) is 5.87. The first-order chi connectivity index (χ1) is 9.08. The fraction of sp³-hybridized carbons (Fsp3) is 0.562. The van der Waals surface area contributed by atoms with Gasteiger partial charge >= 0.3 is 0 Å². The van der Waals surface area contributed by atoms with Crippen molar-refractivity contribution in [1.82, 2.24) is 5.32 Å². The van der Waals surface area contributed by atoms with Crippen LogP contribution in [-0.4, -0.2) is 11.9 Å². The van der Waals surface area contributed by atoms with Crippen LogP contribution in [0.2, 0.25) is 0 Å². The Labute approximate surface area is 115 Å². The molecule has 0 spiro atoms. The Hall–Kier alpha value is -1.35. The van der Waals surface area contributed by atoms with Crippen LogP contribution in [-0.2, 0) is 6.54 Å². The zero-order valence-corrected chi connectivity index (χ0v) is 11.9. The topological polar surface area (TPSA) is 55.1 Å². The Morgan fingerprint density at radius 3 is 2.68 bits per heavy atom. The normalized spacial score (nSPS) is 27.2. The third-order valence-corrected chi connectivity index (χ3v) is 4.46. The van der Waals surface area contributed by atoms with E-state index in [0.29, 0.717) is 11.6 Å². The molecular formula is C16H24N2O. The van der Waals surface area contributed by atoms with Crippen LogP contribution in [0.4, 0.5) is 0 Å². The first kappa shape index (κ1) is 14.1. The molecule has 0 aromatic heterocycles. The van der Waals surface area contributed by atoms with E-state index in [0.717, 1.165) is 23.9 Å². The third-order valence-electron chi connectivity index (χ3n) is 4.46. The minimum Gasteiger partial charge on any atom is -0.366 e. The number of nitrogens with one attached hydrogen (secondary N) is 1. The second-order valence-electron chi connectivity index (χ2n) is 5.87. The van der Waals surface area contributed by atoms with Gasteiger partial charge in [0.25, 0.3) is 0 Å². The average Bonchev–Trinajstić information content (AvgIpc) is 2.40. The van der Waals surface area contributed by atoms with Crippen LogP contribution in [0.1, 0.15) is 49.0 Å². The number of nitrogens with two attached hydrogens (primary N) is 1. The molecule has 3 nitrogen and oxygen atoms in total. The standard InChI is InChI=1S/C16H24N2O/c1-11-7-8-14(9-12(11)2)18-10-13-5-3-4-6-15(13)16(17)19/h3-6,11-12,14,18H,7-10H2,1-2H3,(H2,17,19). The van der Waals surface area contributed by atoms with Crippen molar-refractivity contribution in [2.75, 3.05) is 0 Å². The Morgan fingerprint density at radius 1 is 1.26 bits per heavy atom. The van der Waals surface area contributed by atoms with Crippen molar-refractivity contribution in [2.45, 2.75) is 45.7 Å². The first-order valence-electron chi connectivity index (χ1n) is 7.19. The van der Waals surface area contributed by atoms with Crippen LogP contribution in [0.25, 0.3) is 0 Å². The molecule has 1 aromatic carbocycles. The molecule has 1 fully saturated rings. The number of carbonyl (C=O) groups is 1. The Kier molecular flexibility index (Phi) is 4.59. The molecule has 0 heterocycles. The molecule has 3 heteroatoms. The van der Waals surface area contributed by atoms with Gasteiger partial charge in [-0.25, -0.2) is 0 Å². The molecule has 1 aliphatic rings.